The van der Waals surface area contributed by atoms with Crippen LogP contribution in [-0.2, 0) is 22.7 Å². The molecule has 0 spiro atoms. The van der Waals surface area contributed by atoms with E-state index in [0.717, 1.165) is 28.8 Å². The number of carbonyl (C=O) groups excluding carboxylic acids is 1. The van der Waals surface area contributed by atoms with Gasteiger partial charge < -0.3 is 9.80 Å². The molecule has 0 bridgehead atoms. The van der Waals surface area contributed by atoms with Crippen LogP contribution in [0.2, 0.25) is 0 Å². The van der Waals surface area contributed by atoms with Crippen LogP contribution in [-0.4, -0.2) is 51.7 Å². The van der Waals surface area contributed by atoms with Crippen LogP contribution in [0.25, 0.3) is 0 Å². The van der Waals surface area contributed by atoms with Gasteiger partial charge in [0.2, 0.25) is 10.0 Å². The quantitative estimate of drug-likeness (QED) is 0.425. The number of rotatable bonds is 6. The van der Waals surface area contributed by atoms with Gasteiger partial charge in [-0.2, -0.15) is 13.2 Å². The zero-order chi connectivity index (χ0) is 27.7. The normalized spacial score (nSPS) is 14.5. The highest BCUT2D eigenvalue weighted by molar-refractivity contribution is 7.92. The molecule has 3 aromatic carbocycles. The van der Waals surface area contributed by atoms with E-state index < -0.39 is 21.8 Å². The van der Waals surface area contributed by atoms with E-state index in [1.807, 2.05) is 30.9 Å². The van der Waals surface area contributed by atoms with E-state index in [1.54, 1.807) is 41.3 Å². The molecule has 0 aliphatic carbocycles. The van der Waals surface area contributed by atoms with Crippen molar-refractivity contribution in [3.63, 3.8) is 0 Å². The van der Waals surface area contributed by atoms with Crippen LogP contribution in [0.4, 0.5) is 24.5 Å². The van der Waals surface area contributed by atoms with Gasteiger partial charge in [-0.15, -0.1) is 0 Å². The summed E-state index contributed by atoms with van der Waals surface area (Å²) in [5.74, 6) is -0.172. The Morgan fingerprint density at radius 2 is 1.55 bits per heavy atom. The second kappa shape index (κ2) is 10.7. The van der Waals surface area contributed by atoms with Crippen LogP contribution in [0.3, 0.4) is 0 Å². The number of anilines is 2. The highest BCUT2D eigenvalue weighted by Gasteiger charge is 2.31. The summed E-state index contributed by atoms with van der Waals surface area (Å²) < 4.78 is 65.5. The Labute approximate surface area is 221 Å². The lowest BCUT2D eigenvalue weighted by molar-refractivity contribution is -0.137. The van der Waals surface area contributed by atoms with Gasteiger partial charge in [0.25, 0.3) is 5.91 Å². The van der Waals surface area contributed by atoms with Gasteiger partial charge in [0.05, 0.1) is 24.1 Å². The number of piperazine rings is 1. The van der Waals surface area contributed by atoms with E-state index in [0.29, 0.717) is 43.1 Å². The Morgan fingerprint density at radius 1 is 0.895 bits per heavy atom. The smallest absolute Gasteiger partial charge is 0.368 e. The molecule has 0 N–H and O–H groups in total. The molecule has 38 heavy (non-hydrogen) atoms. The third-order valence-corrected chi connectivity index (χ3v) is 7.95. The Hall–Kier alpha value is -3.53. The topological polar surface area (TPSA) is 60.9 Å². The lowest BCUT2D eigenvalue weighted by atomic mass is 10.1. The van der Waals surface area contributed by atoms with Crippen LogP contribution >= 0.6 is 0 Å². The molecule has 3 aromatic rings. The third kappa shape index (κ3) is 6.30. The summed E-state index contributed by atoms with van der Waals surface area (Å²) in [5.41, 5.74) is 3.63. The number of sulfonamides is 1. The van der Waals surface area contributed by atoms with Crippen molar-refractivity contribution in [1.82, 2.24) is 4.90 Å². The van der Waals surface area contributed by atoms with Gasteiger partial charge in [-0.05, 0) is 73.0 Å². The van der Waals surface area contributed by atoms with Crippen molar-refractivity contribution in [2.45, 2.75) is 26.6 Å². The second-order valence-electron chi connectivity index (χ2n) is 9.56. The van der Waals surface area contributed by atoms with Gasteiger partial charge in [0.1, 0.15) is 0 Å². The van der Waals surface area contributed by atoms with E-state index >= 15 is 0 Å². The van der Waals surface area contributed by atoms with E-state index in [2.05, 4.69) is 0 Å². The Kier molecular flexibility index (Phi) is 7.73. The molecular weight excluding hydrogens is 515 g/mol. The zero-order valence-electron chi connectivity index (χ0n) is 21.5. The van der Waals surface area contributed by atoms with Crippen LogP contribution in [0.1, 0.15) is 32.6 Å². The van der Waals surface area contributed by atoms with Crippen molar-refractivity contribution in [2.75, 3.05) is 41.6 Å². The predicted octanol–water partition coefficient (Wildman–Crippen LogP) is 5.25. The van der Waals surface area contributed by atoms with Gasteiger partial charge in [-0.3, -0.25) is 9.10 Å². The summed E-state index contributed by atoms with van der Waals surface area (Å²) in [5, 5.41) is 0. The van der Waals surface area contributed by atoms with Gasteiger partial charge in [0, 0.05) is 37.4 Å². The minimum atomic E-state index is -4.41. The molecule has 1 amide bonds. The summed E-state index contributed by atoms with van der Waals surface area (Å²) >= 11 is 0. The van der Waals surface area contributed by atoms with E-state index in [1.165, 1.54) is 16.6 Å². The number of amides is 1. The monoisotopic (exact) mass is 545 g/mol. The number of carbonyl (C=O) groups is 1. The van der Waals surface area contributed by atoms with Gasteiger partial charge in [-0.25, -0.2) is 8.42 Å². The molecule has 1 aliphatic heterocycles. The highest BCUT2D eigenvalue weighted by atomic mass is 32.2. The van der Waals surface area contributed by atoms with Crippen molar-refractivity contribution in [3.05, 3.63) is 94.5 Å². The van der Waals surface area contributed by atoms with Crippen molar-refractivity contribution >= 4 is 27.3 Å². The Bertz CT molecular complexity index is 1420. The largest absolute Gasteiger partial charge is 0.416 e. The minimum absolute atomic E-state index is 0.130. The first kappa shape index (κ1) is 27.5. The molecule has 1 heterocycles. The molecule has 6 nitrogen and oxygen atoms in total. The predicted molar refractivity (Wildman–Crippen MR) is 143 cm³/mol. The summed E-state index contributed by atoms with van der Waals surface area (Å²) in [7, 11) is -3.54. The van der Waals surface area contributed by atoms with Crippen LogP contribution < -0.4 is 9.21 Å². The number of hydrogen-bond acceptors (Lipinski definition) is 4. The van der Waals surface area contributed by atoms with Crippen LogP contribution in [0.5, 0.6) is 0 Å². The van der Waals surface area contributed by atoms with Gasteiger partial charge in [-0.1, -0.05) is 24.3 Å². The standard InChI is InChI=1S/C28H30F3N3O3S/c1-20-7-12-26(17-21(20)2)34(38(3,36)37)19-22-8-10-23(11-9-22)27(35)33-15-13-32(14-16-33)25-6-4-5-24(18-25)28(29,30)31/h4-12,17-18H,13-16,19H2,1-3H3. The SMILES string of the molecule is Cc1ccc(N(Cc2ccc(C(=O)N3CCN(c4cccc(C(F)(F)F)c4)CC3)cc2)S(C)(=O)=O)cc1C. The lowest BCUT2D eigenvalue weighted by Gasteiger charge is -2.36. The van der Waals surface area contributed by atoms with Crippen LogP contribution in [0.15, 0.2) is 66.7 Å². The molecule has 1 fully saturated rings. The molecule has 0 radical (unpaired) electrons. The maximum atomic E-state index is 13.1. The molecule has 1 aliphatic rings. The summed E-state index contributed by atoms with van der Waals surface area (Å²) in [6, 6.07) is 17.6. The van der Waals surface area contributed by atoms with Crippen molar-refractivity contribution in [3.8, 4) is 0 Å². The van der Waals surface area contributed by atoms with Gasteiger partial charge >= 0.3 is 6.18 Å². The van der Waals surface area contributed by atoms with Crippen molar-refractivity contribution in [2.24, 2.45) is 0 Å². The number of hydrogen-bond donors (Lipinski definition) is 0. The Balaban J connectivity index is 1.41. The van der Waals surface area contributed by atoms with Crippen molar-refractivity contribution in [1.29, 1.82) is 0 Å². The minimum Gasteiger partial charge on any atom is -0.368 e. The van der Waals surface area contributed by atoms with E-state index in [4.69, 9.17) is 0 Å². The molecule has 1 saturated heterocycles. The number of halogens is 3. The second-order valence-corrected chi connectivity index (χ2v) is 11.5. The maximum absolute atomic E-state index is 13.1. The third-order valence-electron chi connectivity index (χ3n) is 6.81. The number of nitrogens with zero attached hydrogens (tertiary/aromatic N) is 3. The molecular formula is C28H30F3N3O3S. The number of alkyl halides is 3. The molecule has 0 aromatic heterocycles. The van der Waals surface area contributed by atoms with E-state index in [9.17, 15) is 26.4 Å². The molecule has 10 heteroatoms. The molecule has 202 valence electrons. The van der Waals surface area contributed by atoms with Crippen molar-refractivity contribution < 1.29 is 26.4 Å². The zero-order valence-corrected chi connectivity index (χ0v) is 22.3. The Morgan fingerprint density at radius 3 is 2.13 bits per heavy atom. The number of benzene rings is 3. The maximum Gasteiger partial charge on any atom is 0.416 e. The highest BCUT2D eigenvalue weighted by Crippen LogP contribution is 2.32. The van der Waals surface area contributed by atoms with Crippen LogP contribution in [0, 0.1) is 13.8 Å². The fraction of sp³-hybridized carbons (Fsp3) is 0.321. The fourth-order valence-corrected chi connectivity index (χ4v) is 5.31. The molecule has 0 atom stereocenters. The first-order valence-corrected chi connectivity index (χ1v) is 14.0. The average Bonchev–Trinajstić information content (AvgIpc) is 2.88. The van der Waals surface area contributed by atoms with E-state index in [-0.39, 0.29) is 12.5 Å². The lowest BCUT2D eigenvalue weighted by Crippen LogP contribution is -2.48. The first-order valence-electron chi connectivity index (χ1n) is 12.2. The number of aryl methyl sites for hydroxylation is 2. The summed E-state index contributed by atoms with van der Waals surface area (Å²) in [6.45, 7) is 5.63. The summed E-state index contributed by atoms with van der Waals surface area (Å²) in [6.07, 6.45) is -3.24. The molecule has 4 rings (SSSR count). The van der Waals surface area contributed by atoms with Gasteiger partial charge in [0.15, 0.2) is 0 Å². The molecule has 0 saturated carbocycles. The summed E-state index contributed by atoms with van der Waals surface area (Å²) in [4.78, 5) is 16.6. The first-order chi connectivity index (χ1) is 17.8. The average molecular weight is 546 g/mol. The fourth-order valence-electron chi connectivity index (χ4n) is 4.43. The molecule has 0 unspecified atom stereocenters.